The van der Waals surface area contributed by atoms with Gasteiger partial charge in [-0.15, -0.1) is 22.2 Å². The fraction of sp³-hybridized carbons (Fsp3) is 1.00. The largest absolute Gasteiger partial charge is 0.248 e. The maximum Gasteiger partial charge on any atom is 0.248 e. The van der Waals surface area contributed by atoms with Crippen LogP contribution < -0.4 is 0 Å². The molecule has 0 N–H and O–H groups in total. The Kier molecular flexibility index (Phi) is 2.43. The Hall–Kier alpha value is 1.01. The number of rotatable bonds is 0. The smallest absolute Gasteiger partial charge is 0.146 e. The van der Waals surface area contributed by atoms with Gasteiger partial charge in [-0.25, -0.2) is 0 Å². The Balaban J connectivity index is 2.33. The van der Waals surface area contributed by atoms with E-state index >= 15 is 0 Å². The summed E-state index contributed by atoms with van der Waals surface area (Å²) in [6.07, 6.45) is 1.32. The van der Waals surface area contributed by atoms with Crippen molar-refractivity contribution in [3.63, 3.8) is 0 Å². The van der Waals surface area contributed by atoms with Gasteiger partial charge in [0.2, 0.25) is 6.69 Å². The molecular weight excluding hydrogens is 175 g/mol. The lowest BCUT2D eigenvalue weighted by atomic mass is 10.6. The molecule has 0 spiro atoms. The van der Waals surface area contributed by atoms with Crippen LogP contribution in [-0.2, 0) is 0 Å². The highest BCUT2D eigenvalue weighted by Gasteiger charge is 2.29. The second-order valence-electron chi connectivity index (χ2n) is 2.42. The lowest BCUT2D eigenvalue weighted by Gasteiger charge is -2.20. The van der Waals surface area contributed by atoms with E-state index in [0.29, 0.717) is 0 Å². The molecule has 0 nitrogen and oxygen atoms in total. The van der Waals surface area contributed by atoms with Crippen LogP contribution in [0, 0.1) is 0 Å². The predicted octanol–water partition coefficient (Wildman–Crippen LogP) is 1.85. The van der Waals surface area contributed by atoms with Crippen molar-refractivity contribution in [2.75, 3.05) is 0 Å². The zero-order chi connectivity index (χ0) is 6.04. The van der Waals surface area contributed by atoms with E-state index in [2.05, 4.69) is 0 Å². The third-order valence-corrected chi connectivity index (χ3v) is 12.5. The van der Waals surface area contributed by atoms with Crippen LogP contribution in [0.15, 0.2) is 0 Å². The molecule has 0 atom stereocenters. The molecule has 1 aliphatic rings. The average molecular weight is 185 g/mol. The van der Waals surface area contributed by atoms with E-state index in [4.69, 9.17) is 22.2 Å². The molecule has 4 heteroatoms. The molecule has 0 unspecified atom stereocenters. The number of halogens is 2. The van der Waals surface area contributed by atoms with Gasteiger partial charge in [0.25, 0.3) is 0 Å². The fourth-order valence-corrected chi connectivity index (χ4v) is 10.2. The Morgan fingerprint density at radius 2 is 2.12 bits per heavy atom. The average Bonchev–Trinajstić information content (AvgIpc) is 1.65. The summed E-state index contributed by atoms with van der Waals surface area (Å²) in [6.45, 7) is -1.58. The van der Waals surface area contributed by atoms with Crippen LogP contribution in [0.25, 0.3) is 0 Å². The first kappa shape index (κ1) is 7.12. The van der Waals surface area contributed by atoms with Crippen molar-refractivity contribution >= 4 is 38.4 Å². The summed E-state index contributed by atoms with van der Waals surface area (Å²) in [7, 11) is 0.202. The standard InChI is InChI=1S/C4H10Cl2Si2/c5-8(6)3-1-2-7-4-8/h1-4,7H2. The van der Waals surface area contributed by atoms with Gasteiger partial charge in [0.05, 0.1) is 0 Å². The molecule has 0 saturated carbocycles. The van der Waals surface area contributed by atoms with Crippen LogP contribution >= 0.6 is 22.2 Å². The van der Waals surface area contributed by atoms with Crippen LogP contribution in [-0.4, -0.2) is 16.2 Å². The maximum absolute atomic E-state index is 6.01. The summed E-state index contributed by atoms with van der Waals surface area (Å²) in [5.41, 5.74) is 1.26. The lowest BCUT2D eigenvalue weighted by molar-refractivity contribution is 1.03. The lowest BCUT2D eigenvalue weighted by Crippen LogP contribution is -2.25. The summed E-state index contributed by atoms with van der Waals surface area (Å²) in [5.74, 6) is 0. The molecule has 1 aliphatic heterocycles. The summed E-state index contributed by atoms with van der Waals surface area (Å²) in [5, 5.41) is 0. The van der Waals surface area contributed by atoms with Crippen LogP contribution in [0.5, 0.6) is 0 Å². The van der Waals surface area contributed by atoms with Crippen molar-refractivity contribution in [2.24, 2.45) is 0 Å². The summed E-state index contributed by atoms with van der Waals surface area (Å²) >= 11 is 12.0. The zero-order valence-corrected chi connectivity index (χ0v) is 8.72. The van der Waals surface area contributed by atoms with Gasteiger partial charge in [0.1, 0.15) is 0 Å². The van der Waals surface area contributed by atoms with Crippen molar-refractivity contribution in [3.8, 4) is 0 Å². The fourth-order valence-electron chi connectivity index (χ4n) is 1.07. The predicted molar refractivity (Wildman–Crippen MR) is 45.0 cm³/mol. The SMILES string of the molecule is Cl[Si]1(Cl)CCC[SiH2]C1. The number of hydrogen-bond acceptors (Lipinski definition) is 0. The normalized spacial score (nSPS) is 30.8. The van der Waals surface area contributed by atoms with Gasteiger partial charge in [0.15, 0.2) is 0 Å². The topological polar surface area (TPSA) is 0 Å². The van der Waals surface area contributed by atoms with Crippen molar-refractivity contribution in [1.82, 2.24) is 0 Å². The molecule has 0 amide bonds. The van der Waals surface area contributed by atoms with Crippen LogP contribution in [0.4, 0.5) is 0 Å². The van der Waals surface area contributed by atoms with Crippen LogP contribution in [0.1, 0.15) is 6.42 Å². The molecule has 0 aromatic rings. The van der Waals surface area contributed by atoms with Crippen molar-refractivity contribution in [1.29, 1.82) is 0 Å². The Morgan fingerprint density at radius 3 is 2.38 bits per heavy atom. The molecule has 1 saturated heterocycles. The van der Waals surface area contributed by atoms with Gasteiger partial charge in [-0.1, -0.05) is 12.5 Å². The van der Waals surface area contributed by atoms with Crippen molar-refractivity contribution < 1.29 is 0 Å². The minimum Gasteiger partial charge on any atom is -0.146 e. The molecule has 48 valence electrons. The van der Waals surface area contributed by atoms with E-state index < -0.39 is 6.69 Å². The van der Waals surface area contributed by atoms with Gasteiger partial charge in [0, 0.05) is 9.52 Å². The van der Waals surface area contributed by atoms with Crippen LogP contribution in [0.2, 0.25) is 17.8 Å². The molecule has 1 fully saturated rings. The maximum atomic E-state index is 6.01. The van der Waals surface area contributed by atoms with Crippen LogP contribution in [0.3, 0.4) is 0 Å². The van der Waals surface area contributed by atoms with E-state index in [1.807, 2.05) is 0 Å². The molecule has 1 rings (SSSR count). The van der Waals surface area contributed by atoms with E-state index in [9.17, 15) is 0 Å². The third-order valence-electron chi connectivity index (χ3n) is 1.59. The second kappa shape index (κ2) is 2.73. The Morgan fingerprint density at radius 1 is 1.38 bits per heavy atom. The molecule has 0 aromatic heterocycles. The summed E-state index contributed by atoms with van der Waals surface area (Å²) in [6, 6.07) is 2.64. The highest BCUT2D eigenvalue weighted by molar-refractivity contribution is 7.46. The quantitative estimate of drug-likeness (QED) is 0.399. The van der Waals surface area contributed by atoms with E-state index in [1.165, 1.54) is 18.1 Å². The molecular formula is C4H10Cl2Si2. The van der Waals surface area contributed by atoms with Crippen molar-refractivity contribution in [3.05, 3.63) is 0 Å². The molecule has 0 aromatic carbocycles. The van der Waals surface area contributed by atoms with Crippen molar-refractivity contribution in [2.45, 2.75) is 24.2 Å². The highest BCUT2D eigenvalue weighted by atomic mass is 35.7. The number of hydrogen-bond donors (Lipinski definition) is 0. The first-order chi connectivity index (χ1) is 3.71. The molecule has 1 heterocycles. The Bertz CT molecular complexity index is 76.1. The molecule has 8 heavy (non-hydrogen) atoms. The summed E-state index contributed by atoms with van der Waals surface area (Å²) < 4.78 is 0. The molecule has 0 radical (unpaired) electrons. The van der Waals surface area contributed by atoms with Gasteiger partial charge in [-0.05, 0) is 11.7 Å². The van der Waals surface area contributed by atoms with E-state index in [1.54, 1.807) is 0 Å². The zero-order valence-electron chi connectivity index (χ0n) is 4.79. The van der Waals surface area contributed by atoms with E-state index in [0.717, 1.165) is 6.04 Å². The Labute approximate surface area is 62.8 Å². The minimum absolute atomic E-state index is 0.202. The van der Waals surface area contributed by atoms with Gasteiger partial charge < -0.3 is 0 Å². The van der Waals surface area contributed by atoms with Gasteiger partial charge in [-0.3, -0.25) is 0 Å². The minimum atomic E-state index is -1.58. The van der Waals surface area contributed by atoms with Gasteiger partial charge in [-0.2, -0.15) is 0 Å². The summed E-state index contributed by atoms with van der Waals surface area (Å²) in [4.78, 5) is 0. The van der Waals surface area contributed by atoms with E-state index in [-0.39, 0.29) is 9.52 Å². The second-order valence-corrected chi connectivity index (χ2v) is 13.0. The first-order valence-electron chi connectivity index (χ1n) is 3.09. The molecule has 0 aliphatic carbocycles. The molecule has 0 bridgehead atoms. The first-order valence-corrected chi connectivity index (χ1v) is 9.52. The monoisotopic (exact) mass is 184 g/mol. The van der Waals surface area contributed by atoms with Gasteiger partial charge >= 0.3 is 0 Å². The third kappa shape index (κ3) is 2.09. The highest BCUT2D eigenvalue weighted by Crippen LogP contribution is 2.31.